The topological polar surface area (TPSA) is 37.8 Å². The van der Waals surface area contributed by atoms with Crippen LogP contribution in [0.2, 0.25) is 0 Å². The summed E-state index contributed by atoms with van der Waals surface area (Å²) in [5.74, 6) is 0. The van der Waals surface area contributed by atoms with E-state index < -0.39 is 0 Å². The lowest BCUT2D eigenvalue weighted by Crippen LogP contribution is -2.36. The Hall–Kier alpha value is -0.960. The second-order valence-electron chi connectivity index (χ2n) is 5.04. The van der Waals surface area contributed by atoms with Crippen molar-refractivity contribution in [2.45, 2.75) is 52.0 Å². The van der Waals surface area contributed by atoms with Crippen LogP contribution in [0.1, 0.15) is 57.7 Å². The molecule has 1 saturated carbocycles. The normalized spacial score (nSPS) is 20.4. The number of hydrogen-bond acceptors (Lipinski definition) is 3. The van der Waals surface area contributed by atoms with E-state index in [4.69, 9.17) is 0 Å². The molecule has 0 amide bonds. The van der Waals surface area contributed by atoms with Gasteiger partial charge in [-0.3, -0.25) is 9.97 Å². The Morgan fingerprint density at radius 1 is 1.29 bits per heavy atom. The fourth-order valence-corrected chi connectivity index (χ4v) is 3.22. The maximum Gasteiger partial charge on any atom is 0.0761 e. The first-order chi connectivity index (χ1) is 8.32. The van der Waals surface area contributed by atoms with Gasteiger partial charge in [-0.2, -0.15) is 0 Å². The highest BCUT2D eigenvalue weighted by Gasteiger charge is 2.40. The molecule has 3 nitrogen and oxygen atoms in total. The number of hydrogen-bond donors (Lipinski definition) is 1. The van der Waals surface area contributed by atoms with Crippen LogP contribution in [-0.2, 0) is 0 Å². The molecule has 3 heteroatoms. The van der Waals surface area contributed by atoms with Crippen molar-refractivity contribution < 1.29 is 0 Å². The van der Waals surface area contributed by atoms with Gasteiger partial charge in [0.25, 0.3) is 0 Å². The van der Waals surface area contributed by atoms with Crippen LogP contribution in [0.4, 0.5) is 0 Å². The summed E-state index contributed by atoms with van der Waals surface area (Å²) in [6.07, 6.45) is 12.0. The molecular formula is C14H23N3. The zero-order valence-electron chi connectivity index (χ0n) is 10.9. The molecule has 1 fully saturated rings. The Labute approximate surface area is 104 Å². The first-order valence-electron chi connectivity index (χ1n) is 6.81. The fourth-order valence-electron chi connectivity index (χ4n) is 3.22. The Bertz CT molecular complexity index is 331. The molecule has 1 aromatic heterocycles. The Kier molecular flexibility index (Phi) is 4.11. The molecule has 94 valence electrons. The molecular weight excluding hydrogens is 210 g/mol. The molecule has 1 heterocycles. The van der Waals surface area contributed by atoms with Crippen molar-refractivity contribution in [3.05, 3.63) is 24.3 Å². The molecule has 1 aromatic rings. The van der Waals surface area contributed by atoms with Crippen molar-refractivity contribution in [1.29, 1.82) is 0 Å². The highest BCUT2D eigenvalue weighted by Crippen LogP contribution is 2.49. The van der Waals surface area contributed by atoms with Gasteiger partial charge in [-0.1, -0.05) is 26.7 Å². The van der Waals surface area contributed by atoms with Gasteiger partial charge in [-0.05, 0) is 31.2 Å². The Morgan fingerprint density at radius 3 is 2.59 bits per heavy atom. The average Bonchev–Trinajstić information content (AvgIpc) is 2.87. The quantitative estimate of drug-likeness (QED) is 0.849. The van der Waals surface area contributed by atoms with Crippen molar-refractivity contribution in [3.8, 4) is 0 Å². The van der Waals surface area contributed by atoms with E-state index >= 15 is 0 Å². The number of nitrogens with one attached hydrogen (secondary N) is 1. The van der Waals surface area contributed by atoms with Crippen LogP contribution >= 0.6 is 0 Å². The maximum absolute atomic E-state index is 4.51. The summed E-state index contributed by atoms with van der Waals surface area (Å²) in [5, 5.41) is 3.63. The second kappa shape index (κ2) is 5.58. The zero-order valence-corrected chi connectivity index (χ0v) is 10.9. The molecule has 0 aromatic carbocycles. The molecule has 1 aliphatic carbocycles. The van der Waals surface area contributed by atoms with Crippen LogP contribution in [0, 0.1) is 5.41 Å². The zero-order chi connectivity index (χ0) is 12.1. The fraction of sp³-hybridized carbons (Fsp3) is 0.714. The van der Waals surface area contributed by atoms with Gasteiger partial charge in [-0.15, -0.1) is 0 Å². The van der Waals surface area contributed by atoms with Crippen LogP contribution < -0.4 is 5.32 Å². The van der Waals surface area contributed by atoms with Gasteiger partial charge >= 0.3 is 0 Å². The van der Waals surface area contributed by atoms with Crippen molar-refractivity contribution in [2.75, 3.05) is 6.54 Å². The van der Waals surface area contributed by atoms with E-state index in [0.717, 1.165) is 12.2 Å². The molecule has 1 N–H and O–H groups in total. The van der Waals surface area contributed by atoms with Crippen LogP contribution in [0.3, 0.4) is 0 Å². The lowest BCUT2D eigenvalue weighted by atomic mass is 9.75. The molecule has 1 atom stereocenters. The number of nitrogens with zero attached hydrogens (tertiary/aromatic N) is 2. The second-order valence-corrected chi connectivity index (χ2v) is 5.04. The monoisotopic (exact) mass is 233 g/mol. The molecule has 0 radical (unpaired) electrons. The summed E-state index contributed by atoms with van der Waals surface area (Å²) in [7, 11) is 0. The van der Waals surface area contributed by atoms with Gasteiger partial charge in [0, 0.05) is 18.6 Å². The number of rotatable bonds is 5. The third-order valence-electron chi connectivity index (χ3n) is 4.20. The van der Waals surface area contributed by atoms with Crippen LogP contribution in [-0.4, -0.2) is 16.5 Å². The molecule has 0 saturated heterocycles. The summed E-state index contributed by atoms with van der Waals surface area (Å²) in [4.78, 5) is 8.73. The standard InChI is InChI=1S/C14H23N3/c1-3-14(7-5-6-8-14)13(16-4-2)12-11-15-9-10-17-12/h9-11,13,16H,3-8H2,1-2H3. The number of aromatic nitrogens is 2. The van der Waals surface area contributed by atoms with E-state index in [-0.39, 0.29) is 0 Å². The molecule has 0 spiro atoms. The minimum Gasteiger partial charge on any atom is -0.308 e. The molecule has 1 unspecified atom stereocenters. The Morgan fingerprint density at radius 2 is 2.06 bits per heavy atom. The highest BCUT2D eigenvalue weighted by molar-refractivity contribution is 5.10. The van der Waals surface area contributed by atoms with E-state index in [2.05, 4.69) is 29.1 Å². The minimum atomic E-state index is 0.369. The average molecular weight is 233 g/mol. The van der Waals surface area contributed by atoms with Gasteiger partial charge in [0.1, 0.15) is 0 Å². The van der Waals surface area contributed by atoms with Crippen molar-refractivity contribution in [2.24, 2.45) is 5.41 Å². The van der Waals surface area contributed by atoms with Crippen molar-refractivity contribution in [1.82, 2.24) is 15.3 Å². The summed E-state index contributed by atoms with van der Waals surface area (Å²) in [6, 6.07) is 0.369. The van der Waals surface area contributed by atoms with Crippen molar-refractivity contribution >= 4 is 0 Å². The van der Waals surface area contributed by atoms with Gasteiger partial charge in [0.15, 0.2) is 0 Å². The lowest BCUT2D eigenvalue weighted by molar-refractivity contribution is 0.185. The van der Waals surface area contributed by atoms with E-state index in [1.54, 1.807) is 12.4 Å². The largest absolute Gasteiger partial charge is 0.308 e. The van der Waals surface area contributed by atoms with Gasteiger partial charge in [0.2, 0.25) is 0 Å². The smallest absolute Gasteiger partial charge is 0.0761 e. The Balaban J connectivity index is 2.27. The predicted octanol–water partition coefficient (Wildman–Crippen LogP) is 3.10. The van der Waals surface area contributed by atoms with Crippen molar-refractivity contribution in [3.63, 3.8) is 0 Å². The SMILES string of the molecule is CCNC(c1cnccn1)C1(CC)CCCC1. The van der Waals surface area contributed by atoms with E-state index in [0.29, 0.717) is 11.5 Å². The molecule has 0 aliphatic heterocycles. The van der Waals surface area contributed by atoms with Gasteiger partial charge < -0.3 is 5.32 Å². The van der Waals surface area contributed by atoms with E-state index in [9.17, 15) is 0 Å². The summed E-state index contributed by atoms with van der Waals surface area (Å²) < 4.78 is 0. The molecule has 2 rings (SSSR count). The van der Waals surface area contributed by atoms with Crippen LogP contribution in [0.15, 0.2) is 18.6 Å². The van der Waals surface area contributed by atoms with Crippen LogP contribution in [0.25, 0.3) is 0 Å². The maximum atomic E-state index is 4.51. The highest BCUT2D eigenvalue weighted by atomic mass is 15.0. The first kappa shape index (κ1) is 12.5. The first-order valence-corrected chi connectivity index (χ1v) is 6.81. The van der Waals surface area contributed by atoms with Crippen LogP contribution in [0.5, 0.6) is 0 Å². The molecule has 0 bridgehead atoms. The van der Waals surface area contributed by atoms with Gasteiger partial charge in [0.05, 0.1) is 11.7 Å². The molecule has 1 aliphatic rings. The summed E-state index contributed by atoms with van der Waals surface area (Å²) in [5.41, 5.74) is 1.50. The van der Waals surface area contributed by atoms with E-state index in [1.807, 2.05) is 6.20 Å². The minimum absolute atomic E-state index is 0.369. The summed E-state index contributed by atoms with van der Waals surface area (Å²) in [6.45, 7) is 5.47. The lowest BCUT2D eigenvalue weighted by Gasteiger charge is -2.37. The predicted molar refractivity (Wildman–Crippen MR) is 69.6 cm³/mol. The third kappa shape index (κ3) is 2.49. The van der Waals surface area contributed by atoms with E-state index in [1.165, 1.54) is 32.1 Å². The summed E-state index contributed by atoms with van der Waals surface area (Å²) >= 11 is 0. The molecule has 17 heavy (non-hydrogen) atoms. The third-order valence-corrected chi connectivity index (χ3v) is 4.20. The van der Waals surface area contributed by atoms with Gasteiger partial charge in [-0.25, -0.2) is 0 Å².